The molecular formula is C18H21N7O3. The highest BCUT2D eigenvalue weighted by Gasteiger charge is 2.18. The fourth-order valence-corrected chi connectivity index (χ4v) is 2.95. The maximum absolute atomic E-state index is 12.2. The Morgan fingerprint density at radius 1 is 1.25 bits per heavy atom. The van der Waals surface area contributed by atoms with E-state index in [4.69, 9.17) is 9.26 Å². The van der Waals surface area contributed by atoms with Crippen LogP contribution in [0.2, 0.25) is 0 Å². The highest BCUT2D eigenvalue weighted by atomic mass is 16.5. The summed E-state index contributed by atoms with van der Waals surface area (Å²) in [7, 11) is 0. The highest BCUT2D eigenvalue weighted by molar-refractivity contribution is 5.74. The van der Waals surface area contributed by atoms with E-state index in [2.05, 4.69) is 31.0 Å². The zero-order valence-electron chi connectivity index (χ0n) is 15.5. The van der Waals surface area contributed by atoms with Crippen molar-refractivity contribution in [2.24, 2.45) is 0 Å². The molecule has 0 aliphatic carbocycles. The minimum Gasteiger partial charge on any atom is -0.379 e. The first-order valence-corrected chi connectivity index (χ1v) is 9.13. The van der Waals surface area contributed by atoms with Gasteiger partial charge in [-0.25, -0.2) is 4.79 Å². The number of nitrogens with zero attached hydrogens (tertiary/aromatic N) is 5. The second kappa shape index (κ2) is 8.17. The minimum atomic E-state index is -0.412. The summed E-state index contributed by atoms with van der Waals surface area (Å²) < 4.78 is 12.7. The number of rotatable bonds is 5. The average molecular weight is 383 g/mol. The second-order valence-electron chi connectivity index (χ2n) is 6.42. The van der Waals surface area contributed by atoms with E-state index in [-0.39, 0.29) is 12.6 Å². The van der Waals surface area contributed by atoms with Crippen LogP contribution in [0.25, 0.3) is 11.5 Å². The number of urea groups is 1. The first-order chi connectivity index (χ1) is 13.7. The molecule has 28 heavy (non-hydrogen) atoms. The Hall–Kier alpha value is -3.27. The monoisotopic (exact) mass is 383 g/mol. The molecule has 1 atom stereocenters. The van der Waals surface area contributed by atoms with Gasteiger partial charge in [0, 0.05) is 18.5 Å². The number of benzene rings is 1. The summed E-state index contributed by atoms with van der Waals surface area (Å²) in [6.07, 6.45) is 0.720. The van der Waals surface area contributed by atoms with Crippen molar-refractivity contribution < 1.29 is 14.1 Å². The Morgan fingerprint density at radius 3 is 2.96 bits per heavy atom. The van der Waals surface area contributed by atoms with E-state index < -0.39 is 6.04 Å². The molecule has 1 aromatic carbocycles. The van der Waals surface area contributed by atoms with Crippen LogP contribution in [0, 0.1) is 0 Å². The Labute approximate surface area is 161 Å². The molecule has 0 spiro atoms. The molecule has 2 amide bonds. The molecule has 0 radical (unpaired) electrons. The van der Waals surface area contributed by atoms with Gasteiger partial charge in [0.15, 0.2) is 11.6 Å². The lowest BCUT2D eigenvalue weighted by atomic mass is 10.2. The van der Waals surface area contributed by atoms with Crippen LogP contribution < -0.4 is 10.6 Å². The summed E-state index contributed by atoms with van der Waals surface area (Å²) in [4.78, 5) is 16.6. The molecule has 3 aromatic rings. The van der Waals surface area contributed by atoms with Crippen molar-refractivity contribution in [1.29, 1.82) is 0 Å². The molecule has 0 saturated heterocycles. The van der Waals surface area contributed by atoms with Gasteiger partial charge >= 0.3 is 6.03 Å². The number of amides is 2. The van der Waals surface area contributed by atoms with Crippen LogP contribution in [-0.4, -0.2) is 44.1 Å². The fourth-order valence-electron chi connectivity index (χ4n) is 2.95. The van der Waals surface area contributed by atoms with Gasteiger partial charge in [-0.15, -0.1) is 10.2 Å². The smallest absolute Gasteiger partial charge is 0.315 e. The number of hydrogen-bond donors (Lipinski definition) is 2. The second-order valence-corrected chi connectivity index (χ2v) is 6.42. The average Bonchev–Trinajstić information content (AvgIpc) is 3.29. The summed E-state index contributed by atoms with van der Waals surface area (Å²) in [6, 6.07) is 8.71. The van der Waals surface area contributed by atoms with E-state index in [1.807, 2.05) is 34.9 Å². The molecule has 1 aliphatic heterocycles. The quantitative estimate of drug-likeness (QED) is 0.684. The van der Waals surface area contributed by atoms with Gasteiger partial charge in [-0.1, -0.05) is 23.4 Å². The third kappa shape index (κ3) is 4.01. The summed E-state index contributed by atoms with van der Waals surface area (Å²) in [5.74, 6) is 2.40. The van der Waals surface area contributed by atoms with Gasteiger partial charge in [-0.05, 0) is 19.1 Å². The third-order valence-electron chi connectivity index (χ3n) is 4.44. The molecule has 2 aromatic heterocycles. The molecular weight excluding hydrogens is 362 g/mol. The fraction of sp³-hybridized carbons (Fsp3) is 0.389. The summed E-state index contributed by atoms with van der Waals surface area (Å²) in [5.41, 5.74) is 0.828. The van der Waals surface area contributed by atoms with Crippen molar-refractivity contribution in [2.75, 3.05) is 13.2 Å². The molecule has 4 rings (SSSR count). The van der Waals surface area contributed by atoms with E-state index in [0.29, 0.717) is 37.3 Å². The van der Waals surface area contributed by atoms with E-state index in [1.54, 1.807) is 6.92 Å². The molecule has 2 N–H and O–H groups in total. The Morgan fingerprint density at radius 2 is 2.11 bits per heavy atom. The maximum Gasteiger partial charge on any atom is 0.315 e. The number of aromatic nitrogens is 5. The van der Waals surface area contributed by atoms with Crippen molar-refractivity contribution in [2.45, 2.75) is 32.5 Å². The van der Waals surface area contributed by atoms with E-state index in [9.17, 15) is 4.79 Å². The Bertz CT molecular complexity index is 938. The topological polar surface area (TPSA) is 120 Å². The molecule has 1 aliphatic rings. The number of fused-ring (bicyclic) bond motifs is 1. The van der Waals surface area contributed by atoms with E-state index in [0.717, 1.165) is 17.8 Å². The first-order valence-electron chi connectivity index (χ1n) is 9.13. The van der Waals surface area contributed by atoms with Crippen LogP contribution in [0.15, 0.2) is 34.9 Å². The largest absolute Gasteiger partial charge is 0.379 e. The first kappa shape index (κ1) is 18.1. The Kier molecular flexibility index (Phi) is 5.29. The molecule has 0 bridgehead atoms. The number of carbonyl (C=O) groups excluding carboxylic acids is 1. The summed E-state index contributed by atoms with van der Waals surface area (Å²) in [6.45, 7) is 4.00. The Balaban J connectivity index is 1.33. The third-order valence-corrected chi connectivity index (χ3v) is 4.44. The van der Waals surface area contributed by atoms with Crippen LogP contribution in [-0.2, 0) is 24.2 Å². The van der Waals surface area contributed by atoms with Crippen molar-refractivity contribution in [1.82, 2.24) is 35.5 Å². The van der Waals surface area contributed by atoms with Gasteiger partial charge in [-0.3, -0.25) is 0 Å². The predicted octanol–water partition coefficient (Wildman–Crippen LogP) is 1.46. The maximum atomic E-state index is 12.2. The molecule has 10 heteroatoms. The van der Waals surface area contributed by atoms with Gasteiger partial charge in [0.25, 0.3) is 5.89 Å². The van der Waals surface area contributed by atoms with Crippen molar-refractivity contribution >= 4 is 6.03 Å². The van der Waals surface area contributed by atoms with Gasteiger partial charge in [-0.2, -0.15) is 4.98 Å². The summed E-state index contributed by atoms with van der Waals surface area (Å²) in [5, 5.41) is 17.9. The predicted molar refractivity (Wildman–Crippen MR) is 98.1 cm³/mol. The van der Waals surface area contributed by atoms with Crippen LogP contribution in [0.4, 0.5) is 4.79 Å². The number of carbonyl (C=O) groups is 1. The van der Waals surface area contributed by atoms with Gasteiger partial charge < -0.3 is 24.5 Å². The van der Waals surface area contributed by atoms with Gasteiger partial charge in [0.2, 0.25) is 0 Å². The van der Waals surface area contributed by atoms with Crippen molar-refractivity contribution in [3.05, 3.63) is 47.8 Å². The van der Waals surface area contributed by atoms with E-state index >= 15 is 0 Å². The van der Waals surface area contributed by atoms with Crippen LogP contribution in [0.1, 0.15) is 30.4 Å². The van der Waals surface area contributed by atoms with Crippen molar-refractivity contribution in [3.63, 3.8) is 0 Å². The van der Waals surface area contributed by atoms with Crippen LogP contribution in [0.5, 0.6) is 0 Å². The number of hydrogen-bond acceptors (Lipinski definition) is 7. The lowest BCUT2D eigenvalue weighted by Gasteiger charge is -2.12. The molecule has 1 unspecified atom stereocenters. The SMILES string of the molecule is CC(NC(=O)NCc1nnc2n1CCOCC2)c1noc(-c2ccccc2)n1. The zero-order valence-corrected chi connectivity index (χ0v) is 15.5. The minimum absolute atomic E-state index is 0.271. The van der Waals surface area contributed by atoms with E-state index in [1.165, 1.54) is 0 Å². The molecule has 0 fully saturated rings. The molecule has 146 valence electrons. The normalized spacial score (nSPS) is 14.8. The summed E-state index contributed by atoms with van der Waals surface area (Å²) >= 11 is 0. The zero-order chi connectivity index (χ0) is 19.3. The van der Waals surface area contributed by atoms with Crippen LogP contribution >= 0.6 is 0 Å². The lowest BCUT2D eigenvalue weighted by molar-refractivity contribution is 0.139. The number of ether oxygens (including phenoxy) is 1. The number of nitrogens with one attached hydrogen (secondary N) is 2. The lowest BCUT2D eigenvalue weighted by Crippen LogP contribution is -2.37. The van der Waals surface area contributed by atoms with Crippen LogP contribution in [0.3, 0.4) is 0 Å². The van der Waals surface area contributed by atoms with Gasteiger partial charge in [0.1, 0.15) is 5.82 Å². The molecule has 0 saturated carbocycles. The molecule has 3 heterocycles. The standard InChI is InChI=1S/C18H21N7O3/c1-12(16-21-17(28-24-16)13-5-3-2-4-6-13)20-18(26)19-11-15-23-22-14-7-9-27-10-8-25(14)15/h2-6,12H,7-11H2,1H3,(H2,19,20,26). The van der Waals surface area contributed by atoms with Crippen molar-refractivity contribution in [3.8, 4) is 11.5 Å². The van der Waals surface area contributed by atoms with Gasteiger partial charge in [0.05, 0.1) is 25.8 Å². The highest BCUT2D eigenvalue weighted by Crippen LogP contribution is 2.18. The molecule has 10 nitrogen and oxygen atoms in total.